The summed E-state index contributed by atoms with van der Waals surface area (Å²) < 4.78 is 0. The second-order valence-electron chi connectivity index (χ2n) is 3.90. The molecule has 78 valence electrons. The molecular weight excluding hydrogens is 188 g/mol. The third-order valence-electron chi connectivity index (χ3n) is 2.90. The first-order chi connectivity index (χ1) is 7.29. The van der Waals surface area contributed by atoms with Crippen LogP contribution < -0.4 is 0 Å². The van der Waals surface area contributed by atoms with E-state index >= 15 is 0 Å². The molecule has 1 N–H and O–H groups in total. The minimum Gasteiger partial charge on any atom is -0.481 e. The standard InChI is InChI=1S/C13H14O2/c14-13(15)12(11-8-4-5-9-11)10-6-2-1-3-7-10/h1-4,6-8,11-12H,5,9H2,(H,14,15). The summed E-state index contributed by atoms with van der Waals surface area (Å²) in [5.41, 5.74) is 0.904. The zero-order valence-electron chi connectivity index (χ0n) is 8.47. The molecule has 2 unspecified atom stereocenters. The minimum absolute atomic E-state index is 0.157. The number of benzene rings is 1. The van der Waals surface area contributed by atoms with E-state index in [0.29, 0.717) is 0 Å². The molecule has 1 aliphatic rings. The summed E-state index contributed by atoms with van der Waals surface area (Å²) in [5, 5.41) is 9.25. The van der Waals surface area contributed by atoms with Crippen LogP contribution in [0, 0.1) is 5.92 Å². The average molecular weight is 202 g/mol. The van der Waals surface area contributed by atoms with Crippen molar-refractivity contribution < 1.29 is 9.90 Å². The number of allylic oxidation sites excluding steroid dienone is 2. The molecule has 2 rings (SSSR count). The molecule has 1 aromatic carbocycles. The summed E-state index contributed by atoms with van der Waals surface area (Å²) in [6, 6.07) is 9.48. The van der Waals surface area contributed by atoms with Gasteiger partial charge in [-0.3, -0.25) is 4.79 Å². The van der Waals surface area contributed by atoms with Crippen LogP contribution in [0.4, 0.5) is 0 Å². The van der Waals surface area contributed by atoms with E-state index in [9.17, 15) is 9.90 Å². The van der Waals surface area contributed by atoms with Crippen molar-refractivity contribution in [3.8, 4) is 0 Å². The normalized spacial score (nSPS) is 21.5. The van der Waals surface area contributed by atoms with Gasteiger partial charge in [-0.15, -0.1) is 0 Å². The van der Waals surface area contributed by atoms with Crippen LogP contribution in [0.5, 0.6) is 0 Å². The zero-order valence-corrected chi connectivity index (χ0v) is 8.47. The number of rotatable bonds is 3. The van der Waals surface area contributed by atoms with Gasteiger partial charge in [-0.1, -0.05) is 42.5 Å². The number of aliphatic carboxylic acids is 1. The highest BCUT2D eigenvalue weighted by atomic mass is 16.4. The van der Waals surface area contributed by atoms with E-state index in [1.165, 1.54) is 0 Å². The highest BCUT2D eigenvalue weighted by Gasteiger charge is 2.28. The Labute approximate surface area is 89.2 Å². The summed E-state index contributed by atoms with van der Waals surface area (Å²) in [6.07, 6.45) is 6.06. The Morgan fingerprint density at radius 1 is 1.33 bits per heavy atom. The minimum atomic E-state index is -0.724. The highest BCUT2D eigenvalue weighted by Crippen LogP contribution is 2.33. The number of hydrogen-bond acceptors (Lipinski definition) is 1. The fraction of sp³-hybridized carbons (Fsp3) is 0.308. The Morgan fingerprint density at radius 3 is 2.60 bits per heavy atom. The number of hydrogen-bond donors (Lipinski definition) is 1. The molecule has 2 heteroatoms. The van der Waals surface area contributed by atoms with E-state index in [1.807, 2.05) is 36.4 Å². The lowest BCUT2D eigenvalue weighted by Crippen LogP contribution is -2.18. The summed E-state index contributed by atoms with van der Waals surface area (Å²) in [7, 11) is 0. The Kier molecular flexibility index (Phi) is 2.86. The topological polar surface area (TPSA) is 37.3 Å². The van der Waals surface area contributed by atoms with E-state index in [4.69, 9.17) is 0 Å². The van der Waals surface area contributed by atoms with E-state index < -0.39 is 5.97 Å². The van der Waals surface area contributed by atoms with Gasteiger partial charge in [-0.05, 0) is 24.3 Å². The van der Waals surface area contributed by atoms with Gasteiger partial charge in [0.15, 0.2) is 0 Å². The van der Waals surface area contributed by atoms with Crippen LogP contribution in [-0.2, 0) is 4.79 Å². The molecule has 2 nitrogen and oxygen atoms in total. The first-order valence-corrected chi connectivity index (χ1v) is 5.23. The van der Waals surface area contributed by atoms with Gasteiger partial charge >= 0.3 is 5.97 Å². The second kappa shape index (κ2) is 4.30. The van der Waals surface area contributed by atoms with Crippen molar-refractivity contribution in [2.75, 3.05) is 0 Å². The van der Waals surface area contributed by atoms with Crippen LogP contribution in [0.25, 0.3) is 0 Å². The molecule has 0 heterocycles. The largest absolute Gasteiger partial charge is 0.481 e. The highest BCUT2D eigenvalue weighted by molar-refractivity contribution is 5.77. The van der Waals surface area contributed by atoms with Crippen LogP contribution in [-0.4, -0.2) is 11.1 Å². The molecule has 0 aliphatic heterocycles. The maximum atomic E-state index is 11.3. The van der Waals surface area contributed by atoms with Gasteiger partial charge in [-0.25, -0.2) is 0 Å². The van der Waals surface area contributed by atoms with Gasteiger partial charge in [0.2, 0.25) is 0 Å². The Hall–Kier alpha value is -1.57. The number of carboxylic acid groups (broad SMARTS) is 1. The predicted octanol–water partition coefficient (Wildman–Crippen LogP) is 2.82. The van der Waals surface area contributed by atoms with Crippen molar-refractivity contribution in [3.63, 3.8) is 0 Å². The zero-order chi connectivity index (χ0) is 10.7. The first-order valence-electron chi connectivity index (χ1n) is 5.23. The fourth-order valence-electron chi connectivity index (χ4n) is 2.17. The molecule has 15 heavy (non-hydrogen) atoms. The van der Waals surface area contributed by atoms with Crippen molar-refractivity contribution >= 4 is 5.97 Å². The van der Waals surface area contributed by atoms with Gasteiger partial charge in [0.05, 0.1) is 5.92 Å². The van der Waals surface area contributed by atoms with Gasteiger partial charge in [0.1, 0.15) is 0 Å². The van der Waals surface area contributed by atoms with E-state index in [-0.39, 0.29) is 11.8 Å². The quantitative estimate of drug-likeness (QED) is 0.765. The summed E-state index contributed by atoms with van der Waals surface area (Å²) in [4.78, 5) is 11.3. The fourth-order valence-corrected chi connectivity index (χ4v) is 2.17. The Bertz CT molecular complexity index is 367. The van der Waals surface area contributed by atoms with Gasteiger partial charge < -0.3 is 5.11 Å². The third-order valence-corrected chi connectivity index (χ3v) is 2.90. The van der Waals surface area contributed by atoms with Crippen molar-refractivity contribution in [1.29, 1.82) is 0 Å². The molecule has 1 aliphatic carbocycles. The smallest absolute Gasteiger partial charge is 0.311 e. The van der Waals surface area contributed by atoms with E-state index in [1.54, 1.807) is 0 Å². The lowest BCUT2D eigenvalue weighted by atomic mass is 9.86. The SMILES string of the molecule is O=C(O)C(c1ccccc1)C1C=CCC1. The Balaban J connectivity index is 2.27. The maximum Gasteiger partial charge on any atom is 0.311 e. The second-order valence-corrected chi connectivity index (χ2v) is 3.90. The van der Waals surface area contributed by atoms with Gasteiger partial charge in [0, 0.05) is 0 Å². The molecule has 1 aromatic rings. The number of carboxylic acids is 1. The first kappa shape index (κ1) is 9.97. The molecule has 0 saturated carbocycles. The van der Waals surface area contributed by atoms with Crippen molar-refractivity contribution in [2.24, 2.45) is 5.92 Å². The molecule has 0 aromatic heterocycles. The lowest BCUT2D eigenvalue weighted by molar-refractivity contribution is -0.139. The lowest BCUT2D eigenvalue weighted by Gasteiger charge is -2.18. The van der Waals surface area contributed by atoms with Crippen molar-refractivity contribution in [2.45, 2.75) is 18.8 Å². The van der Waals surface area contributed by atoms with E-state index in [2.05, 4.69) is 6.08 Å². The van der Waals surface area contributed by atoms with E-state index in [0.717, 1.165) is 18.4 Å². The van der Waals surface area contributed by atoms with Crippen LogP contribution in [0.1, 0.15) is 24.3 Å². The van der Waals surface area contributed by atoms with Crippen molar-refractivity contribution in [1.82, 2.24) is 0 Å². The van der Waals surface area contributed by atoms with Crippen LogP contribution in [0.3, 0.4) is 0 Å². The summed E-state index contributed by atoms with van der Waals surface area (Å²) in [6.45, 7) is 0. The van der Waals surface area contributed by atoms with Gasteiger partial charge in [0.25, 0.3) is 0 Å². The van der Waals surface area contributed by atoms with Crippen LogP contribution in [0.15, 0.2) is 42.5 Å². The monoisotopic (exact) mass is 202 g/mol. The molecule has 0 saturated heterocycles. The molecule has 0 radical (unpaired) electrons. The Morgan fingerprint density at radius 2 is 2.07 bits per heavy atom. The molecular formula is C13H14O2. The van der Waals surface area contributed by atoms with Crippen LogP contribution >= 0.6 is 0 Å². The molecule has 0 spiro atoms. The third kappa shape index (κ3) is 2.09. The van der Waals surface area contributed by atoms with Crippen molar-refractivity contribution in [3.05, 3.63) is 48.0 Å². The van der Waals surface area contributed by atoms with Crippen LogP contribution in [0.2, 0.25) is 0 Å². The summed E-state index contributed by atoms with van der Waals surface area (Å²) in [5.74, 6) is -0.951. The number of carbonyl (C=O) groups is 1. The summed E-state index contributed by atoms with van der Waals surface area (Å²) >= 11 is 0. The molecule has 0 amide bonds. The maximum absolute atomic E-state index is 11.3. The molecule has 2 atom stereocenters. The van der Waals surface area contributed by atoms with Gasteiger partial charge in [-0.2, -0.15) is 0 Å². The molecule has 0 fully saturated rings. The predicted molar refractivity (Wildman–Crippen MR) is 58.7 cm³/mol. The molecule has 0 bridgehead atoms. The average Bonchev–Trinajstić information content (AvgIpc) is 2.72.